The summed E-state index contributed by atoms with van der Waals surface area (Å²) in [5.41, 5.74) is 4.50. The highest BCUT2D eigenvalue weighted by molar-refractivity contribution is 6.42. The normalized spacial score (nSPS) is 14.0. The summed E-state index contributed by atoms with van der Waals surface area (Å²) in [6.07, 6.45) is 2.99. The fraction of sp³-hybridized carbons (Fsp3) is 0.375. The molecule has 2 aromatic rings. The molecule has 3 rings (SSSR count). The molecule has 110 valence electrons. The zero-order valence-electron chi connectivity index (χ0n) is 11.9. The van der Waals surface area contributed by atoms with Crippen LogP contribution in [0, 0.1) is 0 Å². The summed E-state index contributed by atoms with van der Waals surface area (Å²) in [6.45, 7) is 4.01. The number of nitrogens with zero attached hydrogens (tertiary/aromatic N) is 2. The first kappa shape index (κ1) is 14.8. The number of hydrogen-bond acceptors (Lipinski definition) is 3. The number of halogens is 2. The molecule has 0 unspecified atom stereocenters. The molecule has 1 N–H and O–H groups in total. The highest BCUT2D eigenvalue weighted by Gasteiger charge is 2.17. The zero-order chi connectivity index (χ0) is 14.8. The monoisotopic (exact) mass is 321 g/mol. The van der Waals surface area contributed by atoms with Gasteiger partial charge < -0.3 is 5.32 Å². The van der Waals surface area contributed by atoms with Gasteiger partial charge in [0.05, 0.1) is 15.7 Å². The number of nitrogens with one attached hydrogen (secondary N) is 1. The average Bonchev–Trinajstić information content (AvgIpc) is 2.50. The molecule has 0 saturated carbocycles. The van der Waals surface area contributed by atoms with Crippen molar-refractivity contribution in [2.45, 2.75) is 32.7 Å². The molecule has 0 bridgehead atoms. The van der Waals surface area contributed by atoms with Crippen molar-refractivity contribution >= 4 is 23.2 Å². The van der Waals surface area contributed by atoms with Gasteiger partial charge >= 0.3 is 0 Å². The smallest absolute Gasteiger partial charge is 0.159 e. The lowest BCUT2D eigenvalue weighted by molar-refractivity contribution is 0.615. The lowest BCUT2D eigenvalue weighted by Crippen LogP contribution is -2.26. The van der Waals surface area contributed by atoms with E-state index in [0.717, 1.165) is 55.1 Å². The van der Waals surface area contributed by atoms with Crippen molar-refractivity contribution in [3.05, 3.63) is 45.2 Å². The van der Waals surface area contributed by atoms with Crippen LogP contribution >= 0.6 is 23.2 Å². The number of aryl methyl sites for hydroxylation is 1. The number of aromatic nitrogens is 2. The van der Waals surface area contributed by atoms with E-state index in [0.29, 0.717) is 10.0 Å². The van der Waals surface area contributed by atoms with Gasteiger partial charge in [-0.05, 0) is 24.6 Å². The molecule has 5 heteroatoms. The van der Waals surface area contributed by atoms with Gasteiger partial charge in [0.25, 0.3) is 0 Å². The van der Waals surface area contributed by atoms with Crippen molar-refractivity contribution < 1.29 is 0 Å². The van der Waals surface area contributed by atoms with Crippen LogP contribution in [-0.2, 0) is 19.4 Å². The standard InChI is InChI=1S/C16H17Cl2N3/c1-2-3-14-11-9-19-7-6-15(11)21-16(20-14)10-4-5-12(17)13(18)8-10/h4-5,8,19H,2-3,6-7,9H2,1H3. The van der Waals surface area contributed by atoms with Crippen LogP contribution < -0.4 is 5.32 Å². The lowest BCUT2D eigenvalue weighted by Gasteiger charge is -2.20. The fourth-order valence-electron chi connectivity index (χ4n) is 2.62. The Balaban J connectivity index is 2.09. The molecule has 0 aliphatic carbocycles. The van der Waals surface area contributed by atoms with Gasteiger partial charge in [-0.25, -0.2) is 9.97 Å². The first-order valence-corrected chi connectivity index (χ1v) is 7.99. The maximum absolute atomic E-state index is 6.11. The molecule has 1 aliphatic rings. The van der Waals surface area contributed by atoms with Gasteiger partial charge in [0.1, 0.15) is 0 Å². The molecule has 0 saturated heterocycles. The van der Waals surface area contributed by atoms with Crippen LogP contribution in [0.5, 0.6) is 0 Å². The van der Waals surface area contributed by atoms with Crippen LogP contribution in [0.15, 0.2) is 18.2 Å². The van der Waals surface area contributed by atoms with Crippen molar-refractivity contribution in [1.29, 1.82) is 0 Å². The number of benzene rings is 1. The van der Waals surface area contributed by atoms with E-state index in [2.05, 4.69) is 12.2 Å². The molecule has 2 heterocycles. The fourth-order valence-corrected chi connectivity index (χ4v) is 2.92. The van der Waals surface area contributed by atoms with Gasteiger partial charge in [0, 0.05) is 36.3 Å². The third kappa shape index (κ3) is 3.05. The minimum Gasteiger partial charge on any atom is -0.312 e. The molecule has 0 amide bonds. The Kier molecular flexibility index (Phi) is 4.43. The highest BCUT2D eigenvalue weighted by atomic mass is 35.5. The van der Waals surface area contributed by atoms with Crippen LogP contribution in [0.1, 0.15) is 30.3 Å². The Hall–Kier alpha value is -1.16. The molecular weight excluding hydrogens is 305 g/mol. The third-order valence-electron chi connectivity index (χ3n) is 3.68. The number of hydrogen-bond donors (Lipinski definition) is 1. The second kappa shape index (κ2) is 6.30. The molecule has 0 atom stereocenters. The molecular formula is C16H17Cl2N3. The van der Waals surface area contributed by atoms with Crippen molar-refractivity contribution in [2.75, 3.05) is 6.54 Å². The minimum atomic E-state index is 0.536. The van der Waals surface area contributed by atoms with Gasteiger partial charge in [0.15, 0.2) is 5.82 Å². The maximum Gasteiger partial charge on any atom is 0.159 e. The minimum absolute atomic E-state index is 0.536. The molecule has 1 aromatic carbocycles. The average molecular weight is 322 g/mol. The van der Waals surface area contributed by atoms with Crippen LogP contribution in [0.3, 0.4) is 0 Å². The van der Waals surface area contributed by atoms with E-state index in [1.54, 1.807) is 6.07 Å². The second-order valence-electron chi connectivity index (χ2n) is 5.22. The molecule has 1 aliphatic heterocycles. The van der Waals surface area contributed by atoms with E-state index in [-0.39, 0.29) is 0 Å². The molecule has 21 heavy (non-hydrogen) atoms. The highest BCUT2D eigenvalue weighted by Crippen LogP contribution is 2.28. The van der Waals surface area contributed by atoms with Crippen LogP contribution in [0.4, 0.5) is 0 Å². The third-order valence-corrected chi connectivity index (χ3v) is 4.42. The van der Waals surface area contributed by atoms with E-state index >= 15 is 0 Å². The molecule has 0 fully saturated rings. The Bertz CT molecular complexity index is 671. The van der Waals surface area contributed by atoms with Gasteiger partial charge in [0.2, 0.25) is 0 Å². The lowest BCUT2D eigenvalue weighted by atomic mass is 10.0. The summed E-state index contributed by atoms with van der Waals surface area (Å²) in [7, 11) is 0. The number of fused-ring (bicyclic) bond motifs is 1. The van der Waals surface area contributed by atoms with Gasteiger partial charge in [-0.2, -0.15) is 0 Å². The van der Waals surface area contributed by atoms with Crippen LogP contribution in [-0.4, -0.2) is 16.5 Å². The van der Waals surface area contributed by atoms with E-state index < -0.39 is 0 Å². The van der Waals surface area contributed by atoms with E-state index in [4.69, 9.17) is 33.2 Å². The first-order chi connectivity index (χ1) is 10.2. The van der Waals surface area contributed by atoms with Gasteiger partial charge in [-0.1, -0.05) is 36.5 Å². The Morgan fingerprint density at radius 3 is 2.81 bits per heavy atom. The van der Waals surface area contributed by atoms with Gasteiger partial charge in [-0.15, -0.1) is 0 Å². The summed E-state index contributed by atoms with van der Waals surface area (Å²) < 4.78 is 0. The second-order valence-corrected chi connectivity index (χ2v) is 6.04. The van der Waals surface area contributed by atoms with Crippen LogP contribution in [0.25, 0.3) is 11.4 Å². The largest absolute Gasteiger partial charge is 0.312 e. The summed E-state index contributed by atoms with van der Waals surface area (Å²) in [4.78, 5) is 9.51. The number of rotatable bonds is 3. The predicted molar refractivity (Wildman–Crippen MR) is 86.9 cm³/mol. The van der Waals surface area contributed by atoms with Crippen LogP contribution in [0.2, 0.25) is 10.0 Å². The Labute approximate surface area is 134 Å². The van der Waals surface area contributed by atoms with E-state index in [9.17, 15) is 0 Å². The van der Waals surface area contributed by atoms with E-state index in [1.807, 2.05) is 12.1 Å². The Morgan fingerprint density at radius 1 is 1.19 bits per heavy atom. The SMILES string of the molecule is CCCc1nc(-c2ccc(Cl)c(Cl)c2)nc2c1CNCC2. The summed E-state index contributed by atoms with van der Waals surface area (Å²) >= 11 is 12.1. The van der Waals surface area contributed by atoms with Gasteiger partial charge in [-0.3, -0.25) is 0 Å². The topological polar surface area (TPSA) is 37.8 Å². The molecule has 3 nitrogen and oxygen atoms in total. The van der Waals surface area contributed by atoms with Crippen molar-refractivity contribution in [3.63, 3.8) is 0 Å². The maximum atomic E-state index is 6.11. The molecule has 1 aromatic heterocycles. The zero-order valence-corrected chi connectivity index (χ0v) is 13.4. The first-order valence-electron chi connectivity index (χ1n) is 7.24. The summed E-state index contributed by atoms with van der Waals surface area (Å²) in [6, 6.07) is 5.55. The summed E-state index contributed by atoms with van der Waals surface area (Å²) in [5, 5.41) is 4.49. The summed E-state index contributed by atoms with van der Waals surface area (Å²) in [5.74, 6) is 0.748. The van der Waals surface area contributed by atoms with Crippen molar-refractivity contribution in [1.82, 2.24) is 15.3 Å². The predicted octanol–water partition coefficient (Wildman–Crippen LogP) is 4.05. The molecule has 0 spiro atoms. The quantitative estimate of drug-likeness (QED) is 0.926. The Morgan fingerprint density at radius 2 is 2.05 bits per heavy atom. The van der Waals surface area contributed by atoms with Crippen molar-refractivity contribution in [3.8, 4) is 11.4 Å². The van der Waals surface area contributed by atoms with E-state index in [1.165, 1.54) is 5.56 Å². The van der Waals surface area contributed by atoms with Crippen molar-refractivity contribution in [2.24, 2.45) is 0 Å². The molecule has 0 radical (unpaired) electrons.